The van der Waals surface area contributed by atoms with Crippen molar-refractivity contribution >= 4 is 5.71 Å². The second-order valence-electron chi connectivity index (χ2n) is 6.58. The van der Waals surface area contributed by atoms with Gasteiger partial charge in [-0.1, -0.05) is 35.5 Å². The molecule has 0 aliphatic carbocycles. The molecule has 0 saturated carbocycles. The molecule has 0 radical (unpaired) electrons. The average Bonchev–Trinajstić information content (AvgIpc) is 3.14. The molecule has 0 saturated heterocycles. The molecule has 6 nitrogen and oxygen atoms in total. The van der Waals surface area contributed by atoms with Crippen LogP contribution in [0.3, 0.4) is 0 Å². The summed E-state index contributed by atoms with van der Waals surface area (Å²) in [4.78, 5) is 2.27. The molecule has 0 unspecified atom stereocenters. The largest absolute Gasteiger partial charge is 0.492 e. The van der Waals surface area contributed by atoms with E-state index in [0.29, 0.717) is 17.9 Å². The van der Waals surface area contributed by atoms with Crippen molar-refractivity contribution in [2.75, 3.05) is 27.5 Å². The van der Waals surface area contributed by atoms with Gasteiger partial charge in [0.1, 0.15) is 0 Å². The summed E-state index contributed by atoms with van der Waals surface area (Å²) in [6.45, 7) is 1.12. The first-order chi connectivity index (χ1) is 12.7. The molecule has 4 rings (SSSR count). The third kappa shape index (κ3) is 2.76. The van der Waals surface area contributed by atoms with Crippen molar-refractivity contribution in [3.05, 3.63) is 53.1 Å². The lowest BCUT2D eigenvalue weighted by Crippen LogP contribution is -2.34. The van der Waals surface area contributed by atoms with Gasteiger partial charge < -0.3 is 19.4 Å². The molecule has 1 N–H and O–H groups in total. The van der Waals surface area contributed by atoms with Crippen LogP contribution in [0.4, 0.5) is 0 Å². The van der Waals surface area contributed by atoms with Gasteiger partial charge in [-0.15, -0.1) is 0 Å². The second kappa shape index (κ2) is 6.88. The van der Waals surface area contributed by atoms with Crippen LogP contribution >= 0.6 is 0 Å². The lowest BCUT2D eigenvalue weighted by Gasteiger charge is -2.36. The predicted octanol–water partition coefficient (Wildman–Crippen LogP) is 3.22. The SMILES string of the molecule is COc1c2c(cc3c1[C@@H](C/C(=N/O)c1ccccc1)N(C)CC3)OCO2. The number of likely N-dealkylation sites (N-methyl/N-ethyl adjacent to an activating group) is 1. The number of nitrogens with zero attached hydrogens (tertiary/aromatic N) is 2. The summed E-state index contributed by atoms with van der Waals surface area (Å²) in [6.07, 6.45) is 1.48. The minimum absolute atomic E-state index is 0.0225. The lowest BCUT2D eigenvalue weighted by atomic mass is 9.87. The Balaban J connectivity index is 1.76. The fraction of sp³-hybridized carbons (Fsp3) is 0.350. The quantitative estimate of drug-likeness (QED) is 0.519. The molecule has 0 amide bonds. The van der Waals surface area contributed by atoms with E-state index < -0.39 is 0 Å². The van der Waals surface area contributed by atoms with Crippen molar-refractivity contribution in [2.24, 2.45) is 5.16 Å². The van der Waals surface area contributed by atoms with E-state index in [1.54, 1.807) is 7.11 Å². The van der Waals surface area contributed by atoms with Crippen molar-refractivity contribution in [2.45, 2.75) is 18.9 Å². The van der Waals surface area contributed by atoms with Gasteiger partial charge >= 0.3 is 0 Å². The molecule has 0 spiro atoms. The van der Waals surface area contributed by atoms with E-state index >= 15 is 0 Å². The maximum atomic E-state index is 9.62. The van der Waals surface area contributed by atoms with Gasteiger partial charge in [0.2, 0.25) is 12.5 Å². The number of hydrogen-bond acceptors (Lipinski definition) is 6. The third-order valence-electron chi connectivity index (χ3n) is 5.16. The van der Waals surface area contributed by atoms with Gasteiger partial charge in [0, 0.05) is 24.6 Å². The Kier molecular flexibility index (Phi) is 4.42. The highest BCUT2D eigenvalue weighted by atomic mass is 16.7. The normalized spacial score (nSPS) is 19.3. The molecular weight excluding hydrogens is 332 g/mol. The van der Waals surface area contributed by atoms with E-state index in [1.807, 2.05) is 30.3 Å². The fourth-order valence-electron chi connectivity index (χ4n) is 3.81. The van der Waals surface area contributed by atoms with Crippen molar-refractivity contribution in [3.63, 3.8) is 0 Å². The molecule has 2 aliphatic rings. The van der Waals surface area contributed by atoms with Gasteiger partial charge in [-0.05, 0) is 30.7 Å². The second-order valence-corrected chi connectivity index (χ2v) is 6.58. The van der Waals surface area contributed by atoms with E-state index in [1.165, 1.54) is 5.56 Å². The Morgan fingerprint density at radius 3 is 2.85 bits per heavy atom. The molecule has 0 bridgehead atoms. The van der Waals surface area contributed by atoms with Gasteiger partial charge in [-0.25, -0.2) is 0 Å². The van der Waals surface area contributed by atoms with Crippen LogP contribution in [0, 0.1) is 0 Å². The van der Waals surface area contributed by atoms with Gasteiger partial charge in [-0.3, -0.25) is 4.90 Å². The molecule has 2 aromatic rings. The summed E-state index contributed by atoms with van der Waals surface area (Å²) in [7, 11) is 3.74. The number of benzene rings is 2. The number of oxime groups is 1. The molecule has 6 heteroatoms. The molecule has 2 heterocycles. The number of ether oxygens (including phenoxy) is 3. The standard InChI is InChI=1S/C20H22N2O4/c1-22-9-8-14-10-17-19(26-12-25-17)20(24-2)18(14)16(22)11-15(21-23)13-6-4-3-5-7-13/h3-7,10,16,23H,8-9,11-12H2,1-2H3/b21-15-/t16-/m1/s1. The molecule has 2 aromatic carbocycles. The Bertz CT molecular complexity index is 835. The molecule has 0 aromatic heterocycles. The van der Waals surface area contributed by atoms with Crippen LogP contribution in [0.5, 0.6) is 17.2 Å². The zero-order valence-electron chi connectivity index (χ0n) is 14.9. The van der Waals surface area contributed by atoms with E-state index in [-0.39, 0.29) is 12.8 Å². The van der Waals surface area contributed by atoms with E-state index in [9.17, 15) is 5.21 Å². The van der Waals surface area contributed by atoms with Crippen LogP contribution in [0.25, 0.3) is 0 Å². The van der Waals surface area contributed by atoms with Crippen molar-refractivity contribution < 1.29 is 19.4 Å². The van der Waals surface area contributed by atoms with Crippen molar-refractivity contribution in [3.8, 4) is 17.2 Å². The summed E-state index contributed by atoms with van der Waals surface area (Å²) in [6, 6.07) is 11.8. The zero-order chi connectivity index (χ0) is 18.1. The summed E-state index contributed by atoms with van der Waals surface area (Å²) in [5.74, 6) is 2.12. The maximum absolute atomic E-state index is 9.62. The predicted molar refractivity (Wildman–Crippen MR) is 97.6 cm³/mol. The minimum atomic E-state index is 0.0225. The fourth-order valence-corrected chi connectivity index (χ4v) is 3.81. The summed E-state index contributed by atoms with van der Waals surface area (Å²) in [5.41, 5.74) is 3.84. The number of hydrogen-bond donors (Lipinski definition) is 1. The first-order valence-corrected chi connectivity index (χ1v) is 8.69. The smallest absolute Gasteiger partial charge is 0.231 e. The van der Waals surface area contributed by atoms with E-state index in [2.05, 4.69) is 23.2 Å². The highest BCUT2D eigenvalue weighted by molar-refractivity contribution is 6.00. The lowest BCUT2D eigenvalue weighted by molar-refractivity contribution is 0.170. The summed E-state index contributed by atoms with van der Waals surface area (Å²) in [5, 5.41) is 13.2. The summed E-state index contributed by atoms with van der Waals surface area (Å²) < 4.78 is 16.9. The number of fused-ring (bicyclic) bond motifs is 2. The summed E-state index contributed by atoms with van der Waals surface area (Å²) >= 11 is 0. The van der Waals surface area contributed by atoms with Gasteiger partial charge in [0.05, 0.1) is 12.8 Å². The van der Waals surface area contributed by atoms with Crippen LogP contribution in [0.15, 0.2) is 41.6 Å². The van der Waals surface area contributed by atoms with Crippen LogP contribution in [-0.2, 0) is 6.42 Å². The first kappa shape index (κ1) is 16.7. The van der Waals surface area contributed by atoms with Crippen LogP contribution < -0.4 is 14.2 Å². The molecule has 26 heavy (non-hydrogen) atoms. The van der Waals surface area contributed by atoms with Crippen molar-refractivity contribution in [1.82, 2.24) is 4.90 Å². The van der Waals surface area contributed by atoms with Gasteiger partial charge in [-0.2, -0.15) is 0 Å². The molecular formula is C20H22N2O4. The monoisotopic (exact) mass is 354 g/mol. The molecule has 1 atom stereocenters. The Morgan fingerprint density at radius 2 is 2.12 bits per heavy atom. The highest BCUT2D eigenvalue weighted by Gasteiger charge is 2.34. The van der Waals surface area contributed by atoms with E-state index in [0.717, 1.165) is 35.6 Å². The minimum Gasteiger partial charge on any atom is -0.492 e. The Morgan fingerprint density at radius 1 is 1.31 bits per heavy atom. The number of methoxy groups -OCH3 is 1. The first-order valence-electron chi connectivity index (χ1n) is 8.69. The van der Waals surface area contributed by atoms with E-state index in [4.69, 9.17) is 14.2 Å². The third-order valence-corrected chi connectivity index (χ3v) is 5.16. The number of rotatable bonds is 4. The Labute approximate surface area is 152 Å². The highest BCUT2D eigenvalue weighted by Crippen LogP contribution is 2.50. The maximum Gasteiger partial charge on any atom is 0.231 e. The van der Waals surface area contributed by atoms with Crippen molar-refractivity contribution in [1.29, 1.82) is 0 Å². The molecule has 136 valence electrons. The van der Waals surface area contributed by atoms with Crippen LogP contribution in [0.1, 0.15) is 29.2 Å². The topological polar surface area (TPSA) is 63.5 Å². The average molecular weight is 354 g/mol. The molecule has 0 fully saturated rings. The van der Waals surface area contributed by atoms with Crippen LogP contribution in [-0.4, -0.2) is 43.3 Å². The van der Waals surface area contributed by atoms with Gasteiger partial charge in [0.15, 0.2) is 11.5 Å². The van der Waals surface area contributed by atoms with Crippen LogP contribution in [0.2, 0.25) is 0 Å². The van der Waals surface area contributed by atoms with Gasteiger partial charge in [0.25, 0.3) is 0 Å². The molecule has 2 aliphatic heterocycles. The Hall–Kier alpha value is -2.73. The zero-order valence-corrected chi connectivity index (χ0v) is 14.9.